The molecule has 1 aromatic carbocycles. The Hall–Kier alpha value is -1.11. The summed E-state index contributed by atoms with van der Waals surface area (Å²) in [5.41, 5.74) is 7.41. The van der Waals surface area contributed by atoms with E-state index in [0.29, 0.717) is 6.54 Å². The third-order valence-corrected chi connectivity index (χ3v) is 4.69. The molecule has 1 aliphatic carbocycles. The van der Waals surface area contributed by atoms with Gasteiger partial charge in [0.2, 0.25) is 11.8 Å². The summed E-state index contributed by atoms with van der Waals surface area (Å²) in [5.74, 6) is -0.0910. The van der Waals surface area contributed by atoms with E-state index < -0.39 is 0 Å². The summed E-state index contributed by atoms with van der Waals surface area (Å²) < 4.78 is 0.897. The van der Waals surface area contributed by atoms with E-state index in [1.165, 1.54) is 0 Å². The van der Waals surface area contributed by atoms with Gasteiger partial charge in [-0.1, -0.05) is 28.4 Å². The van der Waals surface area contributed by atoms with Gasteiger partial charge in [0, 0.05) is 16.1 Å². The maximum Gasteiger partial charge on any atom is 0.243 e. The average Bonchev–Trinajstić information content (AvgIpc) is 2.97. The molecular weight excluding hydrogens is 382 g/mol. The molecular formula is C16H23BrClN3O2. The van der Waals surface area contributed by atoms with E-state index in [0.717, 1.165) is 35.0 Å². The zero-order valence-electron chi connectivity index (χ0n) is 13.1. The molecule has 2 rings (SSSR count). The largest absolute Gasteiger partial charge is 0.347 e. The van der Waals surface area contributed by atoms with E-state index >= 15 is 0 Å². The minimum Gasteiger partial charge on any atom is -0.347 e. The molecule has 5 nitrogen and oxygen atoms in total. The smallest absolute Gasteiger partial charge is 0.243 e. The van der Waals surface area contributed by atoms with Gasteiger partial charge < -0.3 is 16.4 Å². The SMILES string of the molecule is Cc1ccc(Br)cc1NC(=O)CNC(=O)[C@@H]1CCC[C@@H]1CN.Cl. The molecule has 0 heterocycles. The molecule has 2 atom stereocenters. The van der Waals surface area contributed by atoms with Crippen LogP contribution in [-0.4, -0.2) is 24.9 Å². The minimum atomic E-state index is -0.225. The number of hydrogen-bond acceptors (Lipinski definition) is 3. The molecule has 0 saturated heterocycles. The lowest BCUT2D eigenvalue weighted by Gasteiger charge is -2.17. The Morgan fingerprint density at radius 3 is 2.78 bits per heavy atom. The van der Waals surface area contributed by atoms with E-state index in [2.05, 4.69) is 26.6 Å². The van der Waals surface area contributed by atoms with Crippen molar-refractivity contribution in [2.24, 2.45) is 17.6 Å². The number of carbonyl (C=O) groups excluding carboxylic acids is 2. The Morgan fingerprint density at radius 2 is 2.09 bits per heavy atom. The molecule has 23 heavy (non-hydrogen) atoms. The molecule has 0 aromatic heterocycles. The topological polar surface area (TPSA) is 84.2 Å². The third-order valence-electron chi connectivity index (χ3n) is 4.20. The van der Waals surface area contributed by atoms with Gasteiger partial charge in [-0.3, -0.25) is 9.59 Å². The van der Waals surface area contributed by atoms with Crippen LogP contribution in [0, 0.1) is 18.8 Å². The summed E-state index contributed by atoms with van der Waals surface area (Å²) in [6.45, 7) is 2.44. The second-order valence-corrected chi connectivity index (χ2v) is 6.67. The molecule has 0 aliphatic heterocycles. The molecule has 7 heteroatoms. The van der Waals surface area contributed by atoms with Crippen molar-refractivity contribution in [2.45, 2.75) is 26.2 Å². The lowest BCUT2D eigenvalue weighted by molar-refractivity contribution is -0.128. The van der Waals surface area contributed by atoms with E-state index in [-0.39, 0.29) is 42.6 Å². The van der Waals surface area contributed by atoms with E-state index in [4.69, 9.17) is 5.73 Å². The van der Waals surface area contributed by atoms with Crippen molar-refractivity contribution in [3.8, 4) is 0 Å². The molecule has 2 amide bonds. The molecule has 0 radical (unpaired) electrons. The highest BCUT2D eigenvalue weighted by atomic mass is 79.9. The number of rotatable bonds is 5. The van der Waals surface area contributed by atoms with Crippen molar-refractivity contribution in [1.29, 1.82) is 0 Å². The summed E-state index contributed by atoms with van der Waals surface area (Å²) in [5, 5.41) is 5.54. The first kappa shape index (κ1) is 19.9. The molecule has 1 saturated carbocycles. The van der Waals surface area contributed by atoms with Crippen LogP contribution in [0.2, 0.25) is 0 Å². The van der Waals surface area contributed by atoms with Crippen LogP contribution in [0.4, 0.5) is 5.69 Å². The van der Waals surface area contributed by atoms with Crippen LogP contribution in [0.15, 0.2) is 22.7 Å². The van der Waals surface area contributed by atoms with Crippen LogP contribution >= 0.6 is 28.3 Å². The highest BCUT2D eigenvalue weighted by Gasteiger charge is 2.31. The number of nitrogens with one attached hydrogen (secondary N) is 2. The van der Waals surface area contributed by atoms with Crippen molar-refractivity contribution in [3.63, 3.8) is 0 Å². The van der Waals surface area contributed by atoms with Gasteiger partial charge in [-0.15, -0.1) is 12.4 Å². The van der Waals surface area contributed by atoms with Crippen LogP contribution in [0.1, 0.15) is 24.8 Å². The van der Waals surface area contributed by atoms with Crippen LogP contribution in [-0.2, 0) is 9.59 Å². The zero-order chi connectivity index (χ0) is 16.1. The maximum atomic E-state index is 12.1. The Labute approximate surface area is 151 Å². The number of aryl methyl sites for hydroxylation is 1. The molecule has 0 bridgehead atoms. The van der Waals surface area contributed by atoms with Crippen molar-refractivity contribution < 1.29 is 9.59 Å². The normalized spacial score (nSPS) is 19.8. The number of nitrogens with two attached hydrogens (primary N) is 1. The molecule has 1 aliphatic rings. The fourth-order valence-electron chi connectivity index (χ4n) is 2.89. The molecule has 0 spiro atoms. The van der Waals surface area contributed by atoms with Crippen LogP contribution < -0.4 is 16.4 Å². The first-order valence-corrected chi connectivity index (χ1v) is 8.34. The van der Waals surface area contributed by atoms with Crippen molar-refractivity contribution in [3.05, 3.63) is 28.2 Å². The van der Waals surface area contributed by atoms with Crippen LogP contribution in [0.3, 0.4) is 0 Å². The van der Waals surface area contributed by atoms with Gasteiger partial charge in [0.1, 0.15) is 0 Å². The Balaban J connectivity index is 0.00000264. The van der Waals surface area contributed by atoms with Gasteiger partial charge in [0.25, 0.3) is 0 Å². The first-order chi connectivity index (χ1) is 10.5. The number of benzene rings is 1. The lowest BCUT2D eigenvalue weighted by Crippen LogP contribution is -2.39. The third kappa shape index (κ3) is 5.48. The fourth-order valence-corrected chi connectivity index (χ4v) is 3.25. The molecule has 1 aromatic rings. The Bertz CT molecular complexity index is 568. The summed E-state index contributed by atoms with van der Waals surface area (Å²) in [4.78, 5) is 24.1. The quantitative estimate of drug-likeness (QED) is 0.705. The number of amides is 2. The summed E-state index contributed by atoms with van der Waals surface area (Å²) in [6, 6.07) is 5.68. The standard InChI is InChI=1S/C16H22BrN3O2.ClH/c1-10-5-6-12(17)7-14(10)20-15(21)9-19-16(22)13-4-2-3-11(13)8-18;/h5-7,11,13H,2-4,8-9,18H2,1H3,(H,19,22)(H,20,21);1H/t11-,13-;/m1./s1. The number of anilines is 1. The lowest BCUT2D eigenvalue weighted by atomic mass is 9.95. The summed E-state index contributed by atoms with van der Waals surface area (Å²) in [7, 11) is 0. The van der Waals surface area contributed by atoms with Gasteiger partial charge in [-0.05, 0) is 49.9 Å². The zero-order valence-corrected chi connectivity index (χ0v) is 15.5. The minimum absolute atomic E-state index is 0. The van der Waals surface area contributed by atoms with Gasteiger partial charge in [-0.25, -0.2) is 0 Å². The van der Waals surface area contributed by atoms with Crippen LogP contribution in [0.25, 0.3) is 0 Å². The van der Waals surface area contributed by atoms with Crippen molar-refractivity contribution in [1.82, 2.24) is 5.32 Å². The predicted molar refractivity (Wildman–Crippen MR) is 97.7 cm³/mol. The van der Waals surface area contributed by atoms with E-state index in [1.807, 2.05) is 25.1 Å². The second-order valence-electron chi connectivity index (χ2n) is 5.76. The van der Waals surface area contributed by atoms with Crippen LogP contribution in [0.5, 0.6) is 0 Å². The molecule has 128 valence electrons. The molecule has 0 unspecified atom stereocenters. The Morgan fingerprint density at radius 1 is 1.35 bits per heavy atom. The van der Waals surface area contributed by atoms with Gasteiger partial charge in [-0.2, -0.15) is 0 Å². The number of carbonyl (C=O) groups is 2. The first-order valence-electron chi connectivity index (χ1n) is 7.55. The van der Waals surface area contributed by atoms with Gasteiger partial charge in [0.05, 0.1) is 6.54 Å². The second kappa shape index (κ2) is 9.25. The molecule has 1 fully saturated rings. The average molecular weight is 405 g/mol. The predicted octanol–water partition coefficient (Wildman–Crippen LogP) is 2.61. The number of hydrogen-bond donors (Lipinski definition) is 3. The highest BCUT2D eigenvalue weighted by molar-refractivity contribution is 9.10. The monoisotopic (exact) mass is 403 g/mol. The summed E-state index contributed by atoms with van der Waals surface area (Å²) in [6.07, 6.45) is 2.89. The molecule has 4 N–H and O–H groups in total. The maximum absolute atomic E-state index is 12.1. The van der Waals surface area contributed by atoms with Gasteiger partial charge >= 0.3 is 0 Å². The van der Waals surface area contributed by atoms with Crippen molar-refractivity contribution >= 4 is 45.8 Å². The highest BCUT2D eigenvalue weighted by Crippen LogP contribution is 2.30. The Kier molecular flexibility index (Phi) is 8.02. The number of halogens is 2. The fraction of sp³-hybridized carbons (Fsp3) is 0.500. The van der Waals surface area contributed by atoms with E-state index in [9.17, 15) is 9.59 Å². The van der Waals surface area contributed by atoms with E-state index in [1.54, 1.807) is 0 Å². The van der Waals surface area contributed by atoms with Crippen molar-refractivity contribution in [2.75, 3.05) is 18.4 Å². The summed E-state index contributed by atoms with van der Waals surface area (Å²) >= 11 is 3.37. The van der Waals surface area contributed by atoms with Gasteiger partial charge in [0.15, 0.2) is 0 Å².